The van der Waals surface area contributed by atoms with Crippen LogP contribution in [-0.2, 0) is 4.79 Å². The SMILES string of the molecule is C=CC(=O)N1CCN(c2nc(=O)n(-c3c(C)ncnc3C(C)C)c3nc(-c4cc(F)ccc4F)c(Cl)cc23)[C@@H](C)C1. The van der Waals surface area contributed by atoms with Gasteiger partial charge in [0.05, 0.1) is 33.2 Å². The minimum Gasteiger partial charge on any atom is -0.350 e. The molecule has 0 bridgehead atoms. The zero-order chi connectivity index (χ0) is 29.6. The number of benzene rings is 1. The van der Waals surface area contributed by atoms with Gasteiger partial charge in [-0.25, -0.2) is 33.1 Å². The van der Waals surface area contributed by atoms with E-state index in [1.807, 2.05) is 25.7 Å². The van der Waals surface area contributed by atoms with Gasteiger partial charge in [0.15, 0.2) is 5.65 Å². The Bertz CT molecular complexity index is 1760. The predicted octanol–water partition coefficient (Wildman–Crippen LogP) is 4.82. The Kier molecular flexibility index (Phi) is 7.56. The lowest BCUT2D eigenvalue weighted by atomic mass is 10.1. The number of amides is 1. The van der Waals surface area contributed by atoms with E-state index in [9.17, 15) is 18.4 Å². The number of aromatic nitrogens is 5. The number of rotatable bonds is 5. The normalized spacial score (nSPS) is 15.6. The van der Waals surface area contributed by atoms with Crippen LogP contribution in [0, 0.1) is 18.6 Å². The quantitative estimate of drug-likeness (QED) is 0.313. The van der Waals surface area contributed by atoms with Crippen LogP contribution >= 0.6 is 11.6 Å². The van der Waals surface area contributed by atoms with E-state index < -0.39 is 17.3 Å². The number of fused-ring (bicyclic) bond motifs is 1. The van der Waals surface area contributed by atoms with Crippen molar-refractivity contribution in [1.29, 1.82) is 0 Å². The molecule has 4 heterocycles. The molecule has 1 amide bonds. The number of carbonyl (C=O) groups is 1. The summed E-state index contributed by atoms with van der Waals surface area (Å²) in [7, 11) is 0. The molecule has 1 saturated heterocycles. The molecule has 0 aliphatic carbocycles. The monoisotopic (exact) mass is 579 g/mol. The molecule has 3 aromatic heterocycles. The van der Waals surface area contributed by atoms with Crippen molar-refractivity contribution in [2.75, 3.05) is 24.5 Å². The Balaban J connectivity index is 1.82. The van der Waals surface area contributed by atoms with Crippen molar-refractivity contribution < 1.29 is 13.6 Å². The molecule has 1 fully saturated rings. The first-order chi connectivity index (χ1) is 19.5. The van der Waals surface area contributed by atoms with Gasteiger partial charge in [0, 0.05) is 31.2 Å². The zero-order valence-electron chi connectivity index (χ0n) is 23.0. The van der Waals surface area contributed by atoms with Crippen molar-refractivity contribution in [2.45, 2.75) is 39.7 Å². The van der Waals surface area contributed by atoms with Gasteiger partial charge in [0.25, 0.3) is 0 Å². The summed E-state index contributed by atoms with van der Waals surface area (Å²) in [4.78, 5) is 47.6. The van der Waals surface area contributed by atoms with Gasteiger partial charge in [-0.1, -0.05) is 32.0 Å². The van der Waals surface area contributed by atoms with Crippen LogP contribution in [0.5, 0.6) is 0 Å². The molecule has 212 valence electrons. The van der Waals surface area contributed by atoms with E-state index >= 15 is 0 Å². The van der Waals surface area contributed by atoms with Crippen molar-refractivity contribution in [3.63, 3.8) is 0 Å². The van der Waals surface area contributed by atoms with Crippen LogP contribution in [0.1, 0.15) is 38.1 Å². The van der Waals surface area contributed by atoms with Crippen LogP contribution in [-0.4, -0.2) is 61.0 Å². The van der Waals surface area contributed by atoms with Crippen LogP contribution in [0.2, 0.25) is 5.02 Å². The van der Waals surface area contributed by atoms with Gasteiger partial charge in [-0.2, -0.15) is 4.98 Å². The summed E-state index contributed by atoms with van der Waals surface area (Å²) in [5.74, 6) is -1.33. The van der Waals surface area contributed by atoms with Crippen LogP contribution in [0.25, 0.3) is 28.0 Å². The summed E-state index contributed by atoms with van der Waals surface area (Å²) in [5, 5.41) is 0.469. The fraction of sp³-hybridized carbons (Fsp3) is 0.310. The molecule has 0 radical (unpaired) electrons. The number of carbonyl (C=O) groups excluding carboxylic acids is 1. The maximum Gasteiger partial charge on any atom is 0.355 e. The maximum atomic E-state index is 14.9. The number of hydrogen-bond acceptors (Lipinski definition) is 7. The third-order valence-electron chi connectivity index (χ3n) is 7.17. The second-order valence-electron chi connectivity index (χ2n) is 10.2. The molecule has 41 heavy (non-hydrogen) atoms. The minimum atomic E-state index is -0.720. The molecule has 1 aliphatic rings. The maximum absolute atomic E-state index is 14.9. The first-order valence-corrected chi connectivity index (χ1v) is 13.5. The van der Waals surface area contributed by atoms with Gasteiger partial charge in [-0.3, -0.25) is 4.79 Å². The first-order valence-electron chi connectivity index (χ1n) is 13.1. The smallest absolute Gasteiger partial charge is 0.350 e. The molecule has 0 unspecified atom stereocenters. The number of pyridine rings is 1. The van der Waals surface area contributed by atoms with E-state index in [0.29, 0.717) is 47.9 Å². The summed E-state index contributed by atoms with van der Waals surface area (Å²) < 4.78 is 30.4. The highest BCUT2D eigenvalue weighted by Gasteiger charge is 2.30. The van der Waals surface area contributed by atoms with Crippen molar-refractivity contribution in [3.8, 4) is 16.9 Å². The average molecular weight is 580 g/mol. The van der Waals surface area contributed by atoms with Crippen molar-refractivity contribution >= 4 is 34.4 Å². The van der Waals surface area contributed by atoms with Gasteiger partial charge in [-0.15, -0.1) is 0 Å². The topological polar surface area (TPSA) is 97.1 Å². The molecule has 0 saturated carbocycles. The highest BCUT2D eigenvalue weighted by atomic mass is 35.5. The van der Waals surface area contributed by atoms with E-state index in [2.05, 4.69) is 26.5 Å². The highest BCUT2D eigenvalue weighted by molar-refractivity contribution is 6.33. The number of anilines is 1. The number of nitrogens with zero attached hydrogens (tertiary/aromatic N) is 7. The molecular formula is C29H28ClF2N7O2. The van der Waals surface area contributed by atoms with E-state index in [0.717, 1.165) is 18.2 Å². The Morgan fingerprint density at radius 1 is 1.17 bits per heavy atom. The molecule has 1 aromatic carbocycles. The average Bonchev–Trinajstić information content (AvgIpc) is 2.94. The molecule has 0 N–H and O–H groups in total. The summed E-state index contributed by atoms with van der Waals surface area (Å²) in [6.07, 6.45) is 2.69. The minimum absolute atomic E-state index is 0.0310. The Morgan fingerprint density at radius 2 is 1.93 bits per heavy atom. The Morgan fingerprint density at radius 3 is 2.61 bits per heavy atom. The molecule has 0 spiro atoms. The van der Waals surface area contributed by atoms with E-state index in [1.54, 1.807) is 17.9 Å². The predicted molar refractivity (Wildman–Crippen MR) is 153 cm³/mol. The standard InChI is InChI=1S/C29H28ClF2N7O2/c1-6-23(40)37-9-10-38(16(4)13-37)27-20-12-21(30)25(19-11-18(31)7-8-22(19)32)35-28(20)39(29(41)36-27)26-17(5)33-14-34-24(26)15(2)3/h6-8,11-12,14-16H,1,9-10,13H2,2-5H3/t16-/m0/s1. The second kappa shape index (κ2) is 11.0. The third kappa shape index (κ3) is 5.06. The van der Waals surface area contributed by atoms with Gasteiger partial charge in [0.1, 0.15) is 23.8 Å². The van der Waals surface area contributed by atoms with Crippen LogP contribution in [0.4, 0.5) is 14.6 Å². The van der Waals surface area contributed by atoms with Crippen molar-refractivity contribution in [3.05, 3.63) is 81.8 Å². The Labute approximate surface area is 240 Å². The Hall–Kier alpha value is -4.25. The van der Waals surface area contributed by atoms with Gasteiger partial charge in [0.2, 0.25) is 5.91 Å². The van der Waals surface area contributed by atoms with Gasteiger partial charge < -0.3 is 9.80 Å². The fourth-order valence-electron chi connectivity index (χ4n) is 5.18. The van der Waals surface area contributed by atoms with E-state index in [1.165, 1.54) is 17.0 Å². The van der Waals surface area contributed by atoms with E-state index in [-0.39, 0.29) is 39.8 Å². The zero-order valence-corrected chi connectivity index (χ0v) is 23.8. The summed E-state index contributed by atoms with van der Waals surface area (Å²) >= 11 is 6.67. The molecule has 4 aromatic rings. The largest absolute Gasteiger partial charge is 0.355 e. The molecule has 12 heteroatoms. The van der Waals surface area contributed by atoms with Crippen LogP contribution < -0.4 is 10.6 Å². The molecule has 5 rings (SSSR count). The van der Waals surface area contributed by atoms with Gasteiger partial charge in [-0.05, 0) is 50.1 Å². The summed E-state index contributed by atoms with van der Waals surface area (Å²) in [6.45, 7) is 12.3. The van der Waals surface area contributed by atoms with Crippen molar-refractivity contribution in [1.82, 2.24) is 29.4 Å². The lowest BCUT2D eigenvalue weighted by Crippen LogP contribution is -2.54. The van der Waals surface area contributed by atoms with Crippen LogP contribution in [0.15, 0.2) is 48.0 Å². The number of halogens is 3. The van der Waals surface area contributed by atoms with Crippen LogP contribution in [0.3, 0.4) is 0 Å². The third-order valence-corrected chi connectivity index (χ3v) is 7.46. The van der Waals surface area contributed by atoms with Gasteiger partial charge >= 0.3 is 5.69 Å². The van der Waals surface area contributed by atoms with E-state index in [4.69, 9.17) is 11.6 Å². The number of hydrogen-bond donors (Lipinski definition) is 0. The molecule has 1 aliphatic heterocycles. The number of aryl methyl sites for hydroxylation is 1. The number of piperazine rings is 1. The van der Waals surface area contributed by atoms with Crippen molar-refractivity contribution in [2.24, 2.45) is 0 Å². The molecule has 9 nitrogen and oxygen atoms in total. The second-order valence-corrected chi connectivity index (χ2v) is 10.7. The lowest BCUT2D eigenvalue weighted by Gasteiger charge is -2.40. The fourth-order valence-corrected chi connectivity index (χ4v) is 5.43. The lowest BCUT2D eigenvalue weighted by molar-refractivity contribution is -0.126. The summed E-state index contributed by atoms with van der Waals surface area (Å²) in [5.41, 5.74) is 0.828. The highest BCUT2D eigenvalue weighted by Crippen LogP contribution is 2.36. The molecule has 1 atom stereocenters. The summed E-state index contributed by atoms with van der Waals surface area (Å²) in [6, 6.07) is 4.35. The first kappa shape index (κ1) is 28.3. The molecular weight excluding hydrogens is 552 g/mol.